The highest BCUT2D eigenvalue weighted by Crippen LogP contribution is 2.24. The van der Waals surface area contributed by atoms with Crippen LogP contribution in [0.4, 0.5) is 0 Å². The van der Waals surface area contributed by atoms with Gasteiger partial charge in [0.2, 0.25) is 5.91 Å². The molecule has 0 bridgehead atoms. The van der Waals surface area contributed by atoms with E-state index < -0.39 is 5.97 Å². The molecule has 2 heterocycles. The minimum absolute atomic E-state index is 0.00231. The van der Waals surface area contributed by atoms with Gasteiger partial charge in [0.15, 0.2) is 0 Å². The Balaban J connectivity index is 2.04. The summed E-state index contributed by atoms with van der Waals surface area (Å²) in [6, 6.07) is 2.82. The lowest BCUT2D eigenvalue weighted by molar-refractivity contribution is -0.126. The Morgan fingerprint density at radius 2 is 2.08 bits per heavy atom. The highest BCUT2D eigenvalue weighted by molar-refractivity contribution is 5.95. The van der Waals surface area contributed by atoms with Crippen molar-refractivity contribution in [3.8, 4) is 0 Å². The molecule has 0 saturated carbocycles. The maximum absolute atomic E-state index is 12.7. The molecular weight excluding hydrogens is 322 g/mol. The fourth-order valence-corrected chi connectivity index (χ4v) is 2.95. The van der Waals surface area contributed by atoms with Crippen LogP contribution >= 0.6 is 0 Å². The molecule has 1 aromatic rings. The number of carboxylic acids is 1. The van der Waals surface area contributed by atoms with Crippen LogP contribution in [0, 0.1) is 5.92 Å². The number of hydrogen-bond acceptors (Lipinski definition) is 4. The molecule has 7 heteroatoms. The minimum Gasteiger partial charge on any atom is -0.477 e. The maximum Gasteiger partial charge on any atom is 0.354 e. The van der Waals surface area contributed by atoms with Crippen LogP contribution in [0.2, 0.25) is 0 Å². The van der Waals surface area contributed by atoms with Crippen molar-refractivity contribution in [2.45, 2.75) is 45.6 Å². The van der Waals surface area contributed by atoms with E-state index in [0.717, 1.165) is 25.7 Å². The van der Waals surface area contributed by atoms with Gasteiger partial charge in [-0.05, 0) is 38.3 Å². The molecule has 1 aliphatic heterocycles. The molecule has 1 saturated heterocycles. The second kappa shape index (κ2) is 8.60. The van der Waals surface area contributed by atoms with Crippen LogP contribution in [0.5, 0.6) is 0 Å². The average Bonchev–Trinajstić information content (AvgIpc) is 2.61. The lowest BCUT2D eigenvalue weighted by atomic mass is 9.92. The summed E-state index contributed by atoms with van der Waals surface area (Å²) in [7, 11) is 0. The Bertz CT molecular complexity index is 630. The first kappa shape index (κ1) is 18.9. The fraction of sp³-hybridized carbons (Fsp3) is 0.556. The number of aromatic nitrogens is 1. The summed E-state index contributed by atoms with van der Waals surface area (Å²) >= 11 is 0. The number of carbonyl (C=O) groups is 3. The normalized spacial score (nSPS) is 20.2. The Kier molecular flexibility index (Phi) is 6.50. The zero-order valence-corrected chi connectivity index (χ0v) is 14.7. The molecule has 0 radical (unpaired) electrons. The van der Waals surface area contributed by atoms with Crippen molar-refractivity contribution in [3.63, 3.8) is 0 Å². The Morgan fingerprint density at radius 3 is 2.68 bits per heavy atom. The van der Waals surface area contributed by atoms with E-state index >= 15 is 0 Å². The minimum atomic E-state index is -1.13. The number of rotatable bonds is 6. The van der Waals surface area contributed by atoms with Gasteiger partial charge in [0, 0.05) is 25.3 Å². The van der Waals surface area contributed by atoms with Gasteiger partial charge >= 0.3 is 5.97 Å². The van der Waals surface area contributed by atoms with Crippen LogP contribution in [0.15, 0.2) is 18.3 Å². The second-order valence-electron chi connectivity index (χ2n) is 6.46. The van der Waals surface area contributed by atoms with Gasteiger partial charge in [0.25, 0.3) is 5.91 Å². The summed E-state index contributed by atoms with van der Waals surface area (Å²) in [6.07, 6.45) is 4.77. The van der Waals surface area contributed by atoms with Crippen molar-refractivity contribution < 1.29 is 19.5 Å². The summed E-state index contributed by atoms with van der Waals surface area (Å²) in [4.78, 5) is 41.3. The first-order valence-electron chi connectivity index (χ1n) is 8.72. The predicted molar refractivity (Wildman–Crippen MR) is 92.3 cm³/mol. The number of aromatic carboxylic acids is 1. The standard InChI is InChI=1S/C18H25N3O4/c1-3-4-9-19-16(22)14-6-5-12(2)21(11-14)17(23)13-7-8-15(18(24)25)20-10-13/h7-8,10,12,14H,3-6,9,11H2,1-2H3,(H,19,22)(H,24,25). The van der Waals surface area contributed by atoms with Gasteiger partial charge in [-0.3, -0.25) is 9.59 Å². The van der Waals surface area contributed by atoms with Crippen LogP contribution in [-0.4, -0.2) is 51.9 Å². The molecule has 0 aromatic carbocycles. The van der Waals surface area contributed by atoms with Crippen molar-refractivity contribution in [2.24, 2.45) is 5.92 Å². The monoisotopic (exact) mass is 347 g/mol. The summed E-state index contributed by atoms with van der Waals surface area (Å²) in [5.74, 6) is -1.56. The van der Waals surface area contributed by atoms with Gasteiger partial charge < -0.3 is 15.3 Å². The number of nitrogens with one attached hydrogen (secondary N) is 1. The number of likely N-dealkylation sites (tertiary alicyclic amines) is 1. The number of carboxylic acid groups (broad SMARTS) is 1. The molecule has 1 aliphatic rings. The van der Waals surface area contributed by atoms with Gasteiger partial charge in [-0.15, -0.1) is 0 Å². The smallest absolute Gasteiger partial charge is 0.354 e. The van der Waals surface area contributed by atoms with Gasteiger partial charge in [0.1, 0.15) is 5.69 Å². The first-order chi connectivity index (χ1) is 11.9. The number of pyridine rings is 1. The lowest BCUT2D eigenvalue weighted by Crippen LogP contribution is -2.49. The van der Waals surface area contributed by atoms with Crippen molar-refractivity contribution in [2.75, 3.05) is 13.1 Å². The molecule has 2 N–H and O–H groups in total. The summed E-state index contributed by atoms with van der Waals surface area (Å²) < 4.78 is 0. The van der Waals surface area contributed by atoms with E-state index in [1.165, 1.54) is 18.3 Å². The third kappa shape index (κ3) is 4.78. The summed E-state index contributed by atoms with van der Waals surface area (Å²) in [5, 5.41) is 11.8. The van der Waals surface area contributed by atoms with E-state index in [1.54, 1.807) is 4.90 Å². The highest BCUT2D eigenvalue weighted by Gasteiger charge is 2.33. The average molecular weight is 347 g/mol. The molecule has 2 rings (SSSR count). The molecule has 2 amide bonds. The van der Waals surface area contributed by atoms with Gasteiger partial charge in [-0.1, -0.05) is 13.3 Å². The van der Waals surface area contributed by atoms with E-state index in [0.29, 0.717) is 18.7 Å². The van der Waals surface area contributed by atoms with Crippen LogP contribution in [0.3, 0.4) is 0 Å². The Labute approximate surface area is 147 Å². The fourth-order valence-electron chi connectivity index (χ4n) is 2.95. The van der Waals surface area contributed by atoms with Crippen LogP contribution < -0.4 is 5.32 Å². The van der Waals surface area contributed by atoms with Crippen molar-refractivity contribution in [3.05, 3.63) is 29.6 Å². The number of unbranched alkanes of at least 4 members (excludes halogenated alkanes) is 1. The van der Waals surface area contributed by atoms with Gasteiger partial charge in [-0.25, -0.2) is 9.78 Å². The molecule has 2 unspecified atom stereocenters. The van der Waals surface area contributed by atoms with E-state index in [9.17, 15) is 14.4 Å². The molecule has 25 heavy (non-hydrogen) atoms. The van der Waals surface area contributed by atoms with Crippen molar-refractivity contribution in [1.29, 1.82) is 0 Å². The number of nitrogens with zero attached hydrogens (tertiary/aromatic N) is 2. The SMILES string of the molecule is CCCCNC(=O)C1CCC(C)N(C(=O)c2ccc(C(=O)O)nc2)C1. The quantitative estimate of drug-likeness (QED) is 0.766. The van der Waals surface area contributed by atoms with Gasteiger partial charge in [0.05, 0.1) is 11.5 Å². The van der Waals surface area contributed by atoms with Crippen molar-refractivity contribution >= 4 is 17.8 Å². The van der Waals surface area contributed by atoms with E-state index in [4.69, 9.17) is 5.11 Å². The first-order valence-corrected chi connectivity index (χ1v) is 8.72. The van der Waals surface area contributed by atoms with Crippen LogP contribution in [0.1, 0.15) is 60.4 Å². The molecule has 7 nitrogen and oxygen atoms in total. The van der Waals surface area contributed by atoms with E-state index in [2.05, 4.69) is 17.2 Å². The number of piperidine rings is 1. The van der Waals surface area contributed by atoms with Crippen LogP contribution in [-0.2, 0) is 4.79 Å². The van der Waals surface area contributed by atoms with Crippen LogP contribution in [0.25, 0.3) is 0 Å². The van der Waals surface area contributed by atoms with E-state index in [1.807, 2.05) is 6.92 Å². The summed E-state index contributed by atoms with van der Waals surface area (Å²) in [5.41, 5.74) is 0.236. The molecular formula is C18H25N3O4. The topological polar surface area (TPSA) is 99.6 Å². The van der Waals surface area contributed by atoms with Gasteiger partial charge in [-0.2, -0.15) is 0 Å². The highest BCUT2D eigenvalue weighted by atomic mass is 16.4. The number of amides is 2. The maximum atomic E-state index is 12.7. The largest absolute Gasteiger partial charge is 0.477 e. The Morgan fingerprint density at radius 1 is 1.32 bits per heavy atom. The molecule has 1 fully saturated rings. The Hall–Kier alpha value is -2.44. The number of carbonyl (C=O) groups excluding carboxylic acids is 2. The third-order valence-electron chi connectivity index (χ3n) is 4.57. The molecule has 1 aromatic heterocycles. The summed E-state index contributed by atoms with van der Waals surface area (Å²) in [6.45, 7) is 5.06. The molecule has 0 aliphatic carbocycles. The predicted octanol–water partition coefficient (Wildman–Crippen LogP) is 1.94. The lowest BCUT2D eigenvalue weighted by Gasteiger charge is -2.37. The zero-order valence-electron chi connectivity index (χ0n) is 14.7. The zero-order chi connectivity index (χ0) is 18.4. The molecule has 0 spiro atoms. The third-order valence-corrected chi connectivity index (χ3v) is 4.57. The van der Waals surface area contributed by atoms with Crippen molar-refractivity contribution in [1.82, 2.24) is 15.2 Å². The number of hydrogen-bond donors (Lipinski definition) is 2. The second-order valence-corrected chi connectivity index (χ2v) is 6.46. The molecule has 2 atom stereocenters. The molecule has 136 valence electrons. The van der Waals surface area contributed by atoms with E-state index in [-0.39, 0.29) is 29.5 Å².